The molecule has 230 valence electrons. The molecule has 4 atom stereocenters. The van der Waals surface area contributed by atoms with Crippen LogP contribution in [0.2, 0.25) is 0 Å². The minimum absolute atomic E-state index is 0.0737. The van der Waals surface area contributed by atoms with Crippen molar-refractivity contribution in [1.82, 2.24) is 20.2 Å². The van der Waals surface area contributed by atoms with Gasteiger partial charge in [0.2, 0.25) is 0 Å². The summed E-state index contributed by atoms with van der Waals surface area (Å²) in [4.78, 5) is 13.1. The van der Waals surface area contributed by atoms with E-state index in [1.807, 2.05) is 4.90 Å². The van der Waals surface area contributed by atoms with Gasteiger partial charge in [0.15, 0.2) is 17.5 Å². The molecule has 7 nitrogen and oxygen atoms in total. The standard InChI is InChI=1S/C32H30F5N5O2/c33-17-11-32(6-1-7-42(32)12-17)15-44-31-39-29-22(30(40-31)41-13-18-3-4-19(14-41)38-18)10-24(35)26(28(29)37)21-9-20(43)8-16-2-5-23(34)27(36)25(16)21/h2,5,8-10,17-19,38,43H,1,3-4,6-7,11-15H2/t17-,18-,19+,32+/m1/s1. The largest absolute Gasteiger partial charge is 0.508 e. The van der Waals surface area contributed by atoms with Crippen LogP contribution in [0.15, 0.2) is 30.3 Å². The summed E-state index contributed by atoms with van der Waals surface area (Å²) in [6.07, 6.45) is 2.96. The van der Waals surface area contributed by atoms with Gasteiger partial charge in [-0.05, 0) is 61.9 Å². The average Bonchev–Trinajstić information content (AvgIpc) is 3.64. The quantitative estimate of drug-likeness (QED) is 0.285. The lowest BCUT2D eigenvalue weighted by Crippen LogP contribution is -2.51. The lowest BCUT2D eigenvalue weighted by Gasteiger charge is -2.34. The number of nitrogens with zero attached hydrogens (tertiary/aromatic N) is 4. The third kappa shape index (κ3) is 4.36. The Kier molecular flexibility index (Phi) is 6.39. The Morgan fingerprint density at radius 2 is 1.77 bits per heavy atom. The fraction of sp³-hybridized carbons (Fsp3) is 0.438. The highest BCUT2D eigenvalue weighted by atomic mass is 19.2. The number of anilines is 1. The van der Waals surface area contributed by atoms with Gasteiger partial charge in [-0.2, -0.15) is 9.97 Å². The first-order chi connectivity index (χ1) is 21.2. The molecule has 44 heavy (non-hydrogen) atoms. The summed E-state index contributed by atoms with van der Waals surface area (Å²) in [5.74, 6) is -4.70. The van der Waals surface area contributed by atoms with Gasteiger partial charge in [0, 0.05) is 54.5 Å². The van der Waals surface area contributed by atoms with Gasteiger partial charge in [-0.25, -0.2) is 22.0 Å². The monoisotopic (exact) mass is 611 g/mol. The molecule has 4 saturated heterocycles. The minimum Gasteiger partial charge on any atom is -0.508 e. The van der Waals surface area contributed by atoms with E-state index < -0.39 is 40.5 Å². The number of alkyl halides is 1. The number of hydrogen-bond acceptors (Lipinski definition) is 7. The highest BCUT2D eigenvalue weighted by molar-refractivity contribution is 6.02. The van der Waals surface area contributed by atoms with Crippen molar-refractivity contribution < 1.29 is 31.8 Å². The summed E-state index contributed by atoms with van der Waals surface area (Å²) in [6.45, 7) is 2.35. The molecule has 0 unspecified atom stereocenters. The Hall–Kier alpha value is -3.77. The predicted octanol–water partition coefficient (Wildman–Crippen LogP) is 5.61. The molecule has 2 bridgehead atoms. The highest BCUT2D eigenvalue weighted by Crippen LogP contribution is 2.43. The molecule has 3 aromatic carbocycles. The van der Waals surface area contributed by atoms with Crippen molar-refractivity contribution in [1.29, 1.82) is 0 Å². The number of ether oxygens (including phenoxy) is 1. The van der Waals surface area contributed by atoms with Crippen LogP contribution in [0.4, 0.5) is 27.8 Å². The van der Waals surface area contributed by atoms with Crippen LogP contribution in [-0.2, 0) is 0 Å². The summed E-state index contributed by atoms with van der Waals surface area (Å²) in [6, 6.07) is 5.68. The van der Waals surface area contributed by atoms with Crippen LogP contribution in [0.1, 0.15) is 32.1 Å². The van der Waals surface area contributed by atoms with Gasteiger partial charge in [0.1, 0.15) is 35.7 Å². The molecular weight excluding hydrogens is 581 g/mol. The number of rotatable bonds is 5. The normalized spacial score (nSPS) is 26.7. The first-order valence-corrected chi connectivity index (χ1v) is 15.0. The van der Waals surface area contributed by atoms with E-state index in [0.717, 1.165) is 50.4 Å². The number of phenols is 1. The fourth-order valence-corrected chi connectivity index (χ4v) is 7.91. The maximum atomic E-state index is 16.6. The zero-order valence-electron chi connectivity index (χ0n) is 23.7. The first-order valence-electron chi connectivity index (χ1n) is 15.0. The van der Waals surface area contributed by atoms with Gasteiger partial charge in [0.25, 0.3) is 0 Å². The molecule has 1 aromatic heterocycles. The van der Waals surface area contributed by atoms with Gasteiger partial charge in [-0.15, -0.1) is 0 Å². The number of aromatic hydroxyl groups is 1. The number of hydrogen-bond donors (Lipinski definition) is 2. The second-order valence-electron chi connectivity index (χ2n) is 12.6. The minimum atomic E-state index is -1.29. The Bertz CT molecular complexity index is 1810. The van der Waals surface area contributed by atoms with E-state index in [-0.39, 0.29) is 57.7 Å². The molecule has 0 spiro atoms. The Morgan fingerprint density at radius 1 is 0.977 bits per heavy atom. The predicted molar refractivity (Wildman–Crippen MR) is 155 cm³/mol. The molecule has 8 rings (SSSR count). The molecule has 5 heterocycles. The molecule has 4 fully saturated rings. The lowest BCUT2D eigenvalue weighted by atomic mass is 9.95. The zero-order chi connectivity index (χ0) is 30.3. The van der Waals surface area contributed by atoms with Crippen LogP contribution in [-0.4, -0.2) is 76.6 Å². The first kappa shape index (κ1) is 27.8. The Morgan fingerprint density at radius 3 is 2.57 bits per heavy atom. The van der Waals surface area contributed by atoms with Crippen molar-refractivity contribution in [3.05, 3.63) is 53.6 Å². The molecule has 2 N–H and O–H groups in total. The summed E-state index contributed by atoms with van der Waals surface area (Å²) in [5.41, 5.74) is -1.76. The zero-order valence-corrected chi connectivity index (χ0v) is 23.7. The van der Waals surface area contributed by atoms with Crippen LogP contribution >= 0.6 is 0 Å². The van der Waals surface area contributed by atoms with Crippen molar-refractivity contribution in [3.8, 4) is 22.9 Å². The molecule has 4 aromatic rings. The number of aromatic nitrogens is 2. The van der Waals surface area contributed by atoms with E-state index >= 15 is 13.2 Å². The number of piperazine rings is 1. The van der Waals surface area contributed by atoms with Gasteiger partial charge < -0.3 is 20.1 Å². The maximum absolute atomic E-state index is 16.6. The van der Waals surface area contributed by atoms with Crippen molar-refractivity contribution in [2.24, 2.45) is 0 Å². The topological polar surface area (TPSA) is 73.8 Å². The number of phenolic OH excluding ortho intramolecular Hbond substituents is 1. The van der Waals surface area contributed by atoms with Crippen molar-refractivity contribution >= 4 is 27.5 Å². The van der Waals surface area contributed by atoms with Crippen molar-refractivity contribution in [2.75, 3.05) is 37.7 Å². The maximum Gasteiger partial charge on any atom is 0.319 e. The Balaban J connectivity index is 1.29. The third-order valence-electron chi connectivity index (χ3n) is 9.85. The molecule has 0 aliphatic carbocycles. The second kappa shape index (κ2) is 10.1. The van der Waals surface area contributed by atoms with Gasteiger partial charge in [-0.1, -0.05) is 6.07 Å². The molecule has 4 aliphatic heterocycles. The molecule has 0 amide bonds. The molecule has 4 aliphatic rings. The van der Waals surface area contributed by atoms with Crippen LogP contribution in [0.25, 0.3) is 32.8 Å². The summed E-state index contributed by atoms with van der Waals surface area (Å²) in [7, 11) is 0. The third-order valence-corrected chi connectivity index (χ3v) is 9.85. The van der Waals surface area contributed by atoms with E-state index in [1.54, 1.807) is 0 Å². The van der Waals surface area contributed by atoms with E-state index in [2.05, 4.69) is 20.2 Å². The number of fused-ring (bicyclic) bond motifs is 5. The smallest absolute Gasteiger partial charge is 0.319 e. The van der Waals surface area contributed by atoms with Crippen molar-refractivity contribution in [3.63, 3.8) is 0 Å². The second-order valence-corrected chi connectivity index (χ2v) is 12.6. The van der Waals surface area contributed by atoms with Crippen molar-refractivity contribution in [2.45, 2.75) is 55.9 Å². The summed E-state index contributed by atoms with van der Waals surface area (Å²) < 4.78 is 82.6. The summed E-state index contributed by atoms with van der Waals surface area (Å²) >= 11 is 0. The van der Waals surface area contributed by atoms with Crippen LogP contribution in [0.5, 0.6) is 11.8 Å². The van der Waals surface area contributed by atoms with Crippen LogP contribution in [0, 0.1) is 23.3 Å². The van der Waals surface area contributed by atoms with Crippen LogP contribution < -0.4 is 15.0 Å². The molecule has 0 saturated carbocycles. The van der Waals surface area contributed by atoms with E-state index in [0.29, 0.717) is 31.9 Å². The average molecular weight is 612 g/mol. The molecular formula is C32H30F5N5O2. The van der Waals surface area contributed by atoms with Crippen LogP contribution in [0.3, 0.4) is 0 Å². The van der Waals surface area contributed by atoms with E-state index in [4.69, 9.17) is 4.74 Å². The van der Waals surface area contributed by atoms with Gasteiger partial charge in [-0.3, -0.25) is 4.90 Å². The number of benzene rings is 3. The summed E-state index contributed by atoms with van der Waals surface area (Å²) in [5, 5.41) is 13.7. The van der Waals surface area contributed by atoms with E-state index in [1.165, 1.54) is 12.1 Å². The lowest BCUT2D eigenvalue weighted by molar-refractivity contribution is 0.107. The number of halogens is 5. The van der Waals surface area contributed by atoms with Gasteiger partial charge >= 0.3 is 6.01 Å². The highest BCUT2D eigenvalue weighted by Gasteiger charge is 2.49. The van der Waals surface area contributed by atoms with E-state index in [9.17, 15) is 13.9 Å². The molecule has 12 heteroatoms. The SMILES string of the molecule is Oc1cc(-c2c(F)cc3c(N4C[C@H]5CC[C@@H](C4)N5)nc(OC[C@@]45CCCN4C[C@H](F)C5)nc3c2F)c2c(F)c(F)ccc2c1. The fourth-order valence-electron chi connectivity index (χ4n) is 7.91. The van der Waals surface area contributed by atoms with Gasteiger partial charge in [0.05, 0.1) is 11.1 Å². The molecule has 0 radical (unpaired) electrons. The number of nitrogens with one attached hydrogen (secondary N) is 1. The Labute approximate surface area is 249 Å².